The van der Waals surface area contributed by atoms with Gasteiger partial charge in [0.2, 0.25) is 0 Å². The fourth-order valence-electron chi connectivity index (χ4n) is 4.67. The van der Waals surface area contributed by atoms with Gasteiger partial charge in [-0.2, -0.15) is 0 Å². The Labute approximate surface area is 204 Å². The molecule has 0 bridgehead atoms. The first kappa shape index (κ1) is 25.1. The zero-order valence-corrected chi connectivity index (χ0v) is 20.2. The monoisotopic (exact) mass is 484 g/mol. The summed E-state index contributed by atoms with van der Waals surface area (Å²) in [5, 5.41) is 0. The standard InChI is InChI=1S/C29H31F3O3/c1-3-33-22-10-5-19(6-11-22)25-15-16-26(29(32)28(25)31)20-7-12-23(13-8-20)35-18-21-9-14-24(34-4-2)17-27(21)30/h7-9,12-17,19,22H,3-6,10-11,18H2,1-2H3. The average Bonchev–Trinajstić information content (AvgIpc) is 2.87. The van der Waals surface area contributed by atoms with E-state index < -0.39 is 17.5 Å². The molecule has 6 heteroatoms. The van der Waals surface area contributed by atoms with Crippen LogP contribution in [0.3, 0.4) is 0 Å². The minimum absolute atomic E-state index is 0.00836. The van der Waals surface area contributed by atoms with Crippen LogP contribution in [-0.2, 0) is 11.3 Å². The molecule has 186 valence electrons. The molecule has 1 saturated carbocycles. The van der Waals surface area contributed by atoms with Crippen LogP contribution in [-0.4, -0.2) is 19.3 Å². The van der Waals surface area contributed by atoms with E-state index in [4.69, 9.17) is 14.2 Å². The van der Waals surface area contributed by atoms with E-state index in [1.807, 2.05) is 13.8 Å². The lowest BCUT2D eigenvalue weighted by atomic mass is 9.82. The molecule has 0 spiro atoms. The van der Waals surface area contributed by atoms with Crippen LogP contribution in [0.1, 0.15) is 56.6 Å². The number of halogens is 3. The molecule has 1 fully saturated rings. The highest BCUT2D eigenvalue weighted by Gasteiger charge is 2.26. The van der Waals surface area contributed by atoms with Crippen molar-refractivity contribution in [3.8, 4) is 22.6 Å². The van der Waals surface area contributed by atoms with Crippen LogP contribution in [0.15, 0.2) is 54.6 Å². The molecule has 0 heterocycles. The number of hydrogen-bond donors (Lipinski definition) is 0. The average molecular weight is 485 g/mol. The third-order valence-corrected chi connectivity index (χ3v) is 6.52. The minimum Gasteiger partial charge on any atom is -0.494 e. The summed E-state index contributed by atoms with van der Waals surface area (Å²) < 4.78 is 60.9. The van der Waals surface area contributed by atoms with Crippen molar-refractivity contribution in [1.29, 1.82) is 0 Å². The van der Waals surface area contributed by atoms with Gasteiger partial charge in [0.1, 0.15) is 23.9 Å². The number of hydrogen-bond acceptors (Lipinski definition) is 3. The Morgan fingerprint density at radius 1 is 0.743 bits per heavy atom. The summed E-state index contributed by atoms with van der Waals surface area (Å²) in [5.74, 6) is -1.03. The molecule has 1 aliphatic carbocycles. The van der Waals surface area contributed by atoms with Gasteiger partial charge in [0.25, 0.3) is 0 Å². The second-order valence-electron chi connectivity index (χ2n) is 8.76. The molecule has 0 aliphatic heterocycles. The summed E-state index contributed by atoms with van der Waals surface area (Å²) in [6.07, 6.45) is 3.53. The lowest BCUT2D eigenvalue weighted by Gasteiger charge is -2.29. The van der Waals surface area contributed by atoms with Crippen LogP contribution in [0.5, 0.6) is 11.5 Å². The molecule has 4 rings (SSSR count). The van der Waals surface area contributed by atoms with Gasteiger partial charge in [-0.05, 0) is 80.8 Å². The molecule has 3 nitrogen and oxygen atoms in total. The summed E-state index contributed by atoms with van der Waals surface area (Å²) in [4.78, 5) is 0. The number of rotatable bonds is 9. The van der Waals surface area contributed by atoms with Crippen LogP contribution in [0.25, 0.3) is 11.1 Å². The number of benzene rings is 3. The molecule has 0 N–H and O–H groups in total. The first-order valence-corrected chi connectivity index (χ1v) is 12.2. The Morgan fingerprint density at radius 2 is 1.46 bits per heavy atom. The van der Waals surface area contributed by atoms with Gasteiger partial charge in [0, 0.05) is 23.8 Å². The Morgan fingerprint density at radius 3 is 2.11 bits per heavy atom. The third-order valence-electron chi connectivity index (χ3n) is 6.52. The fraction of sp³-hybridized carbons (Fsp3) is 0.379. The maximum atomic E-state index is 15.0. The molecule has 1 aliphatic rings. The first-order valence-electron chi connectivity index (χ1n) is 12.2. The van der Waals surface area contributed by atoms with Gasteiger partial charge in [-0.3, -0.25) is 0 Å². The number of ether oxygens (including phenoxy) is 3. The molecule has 0 atom stereocenters. The largest absolute Gasteiger partial charge is 0.494 e. The molecule has 0 saturated heterocycles. The normalized spacial score (nSPS) is 17.9. The fourth-order valence-corrected chi connectivity index (χ4v) is 4.67. The molecule has 0 amide bonds. The van der Waals surface area contributed by atoms with Gasteiger partial charge in [-0.25, -0.2) is 13.2 Å². The van der Waals surface area contributed by atoms with Crippen LogP contribution >= 0.6 is 0 Å². The van der Waals surface area contributed by atoms with Crippen molar-refractivity contribution in [3.05, 3.63) is 83.2 Å². The summed E-state index contributed by atoms with van der Waals surface area (Å²) in [6.45, 7) is 4.99. The van der Waals surface area contributed by atoms with Crippen LogP contribution < -0.4 is 9.47 Å². The molecular weight excluding hydrogens is 453 g/mol. The molecule has 3 aromatic carbocycles. The Bertz CT molecular complexity index is 1120. The zero-order chi connectivity index (χ0) is 24.8. The molecular formula is C29H31F3O3. The van der Waals surface area contributed by atoms with E-state index in [1.165, 1.54) is 6.07 Å². The van der Waals surface area contributed by atoms with Crippen LogP contribution in [0.2, 0.25) is 0 Å². The molecule has 0 aromatic heterocycles. The summed E-state index contributed by atoms with van der Waals surface area (Å²) >= 11 is 0. The Hall–Kier alpha value is -2.99. The highest BCUT2D eigenvalue weighted by atomic mass is 19.2. The van der Waals surface area contributed by atoms with Gasteiger partial charge >= 0.3 is 0 Å². The maximum absolute atomic E-state index is 15.0. The summed E-state index contributed by atoms with van der Waals surface area (Å²) in [6, 6.07) is 14.7. The lowest BCUT2D eigenvalue weighted by Crippen LogP contribution is -2.21. The van der Waals surface area contributed by atoms with Gasteiger partial charge < -0.3 is 14.2 Å². The van der Waals surface area contributed by atoms with Gasteiger partial charge in [0.15, 0.2) is 11.6 Å². The van der Waals surface area contributed by atoms with Crippen molar-refractivity contribution in [2.45, 2.75) is 58.2 Å². The van der Waals surface area contributed by atoms with Crippen molar-refractivity contribution >= 4 is 0 Å². The SMILES string of the molecule is CCOc1ccc(COc2ccc(-c3ccc(C4CCC(OCC)CC4)c(F)c3F)cc2)c(F)c1. The lowest BCUT2D eigenvalue weighted by molar-refractivity contribution is 0.0325. The van der Waals surface area contributed by atoms with Gasteiger partial charge in [0.05, 0.1) is 12.7 Å². The van der Waals surface area contributed by atoms with E-state index in [0.717, 1.165) is 25.7 Å². The quantitative estimate of drug-likeness (QED) is 0.310. The van der Waals surface area contributed by atoms with Gasteiger partial charge in [-0.1, -0.05) is 24.3 Å². The Kier molecular flexibility index (Phi) is 8.34. The van der Waals surface area contributed by atoms with Crippen molar-refractivity contribution in [1.82, 2.24) is 0 Å². The van der Waals surface area contributed by atoms with Crippen molar-refractivity contribution in [3.63, 3.8) is 0 Å². The first-order chi connectivity index (χ1) is 17.0. The summed E-state index contributed by atoms with van der Waals surface area (Å²) in [7, 11) is 0. The van der Waals surface area contributed by atoms with Crippen molar-refractivity contribution < 1.29 is 27.4 Å². The van der Waals surface area contributed by atoms with E-state index in [2.05, 4.69) is 0 Å². The molecule has 0 unspecified atom stereocenters. The topological polar surface area (TPSA) is 27.7 Å². The second-order valence-corrected chi connectivity index (χ2v) is 8.76. The third kappa shape index (κ3) is 5.99. The van der Waals surface area contributed by atoms with E-state index in [0.29, 0.717) is 41.4 Å². The van der Waals surface area contributed by atoms with E-state index in [9.17, 15) is 4.39 Å². The summed E-state index contributed by atoms with van der Waals surface area (Å²) in [5.41, 5.74) is 1.60. The molecule has 0 radical (unpaired) electrons. The van der Waals surface area contributed by atoms with Crippen LogP contribution in [0, 0.1) is 17.5 Å². The van der Waals surface area contributed by atoms with Crippen molar-refractivity contribution in [2.24, 2.45) is 0 Å². The van der Waals surface area contributed by atoms with E-state index in [1.54, 1.807) is 48.5 Å². The van der Waals surface area contributed by atoms with E-state index >= 15 is 8.78 Å². The predicted molar refractivity (Wildman–Crippen MR) is 130 cm³/mol. The second kappa shape index (κ2) is 11.6. The predicted octanol–water partition coefficient (Wildman–Crippen LogP) is 7.81. The van der Waals surface area contributed by atoms with Crippen molar-refractivity contribution in [2.75, 3.05) is 13.2 Å². The maximum Gasteiger partial charge on any atom is 0.166 e. The van der Waals surface area contributed by atoms with E-state index in [-0.39, 0.29) is 24.2 Å². The van der Waals surface area contributed by atoms with Gasteiger partial charge in [-0.15, -0.1) is 0 Å². The zero-order valence-electron chi connectivity index (χ0n) is 20.2. The van der Waals surface area contributed by atoms with Crippen LogP contribution in [0.4, 0.5) is 13.2 Å². The Balaban J connectivity index is 1.41. The minimum atomic E-state index is -0.834. The smallest absolute Gasteiger partial charge is 0.166 e. The molecule has 3 aromatic rings. The molecule has 35 heavy (non-hydrogen) atoms. The highest BCUT2D eigenvalue weighted by molar-refractivity contribution is 5.65. The highest BCUT2D eigenvalue weighted by Crippen LogP contribution is 2.38.